The molecule has 0 spiro atoms. The third kappa shape index (κ3) is 7.14. The molecule has 0 aliphatic carbocycles. The fourth-order valence-electron chi connectivity index (χ4n) is 5.58. The minimum absolute atomic E-state index is 0.00624. The lowest BCUT2D eigenvalue weighted by molar-refractivity contribution is -0.117. The van der Waals surface area contributed by atoms with E-state index in [2.05, 4.69) is 126 Å². The van der Waals surface area contributed by atoms with Gasteiger partial charge in [-0.15, -0.1) is 0 Å². The average Bonchev–Trinajstić information content (AvgIpc) is 3.24. The first-order valence-corrected chi connectivity index (χ1v) is 16.1. The van der Waals surface area contributed by atoms with Crippen LogP contribution in [0.25, 0.3) is 0 Å². The molecule has 0 saturated carbocycles. The number of hydrogen-bond acceptors (Lipinski definition) is 3. The normalized spacial score (nSPS) is 20.0. The first-order chi connectivity index (χ1) is 17.9. The minimum atomic E-state index is -1.32. The van der Waals surface area contributed by atoms with Gasteiger partial charge in [-0.3, -0.25) is 0 Å². The van der Waals surface area contributed by atoms with Crippen molar-refractivity contribution in [1.29, 1.82) is 0 Å². The lowest BCUT2D eigenvalue weighted by Crippen LogP contribution is -2.37. The summed E-state index contributed by atoms with van der Waals surface area (Å²) in [6.07, 6.45) is 0.813. The summed E-state index contributed by atoms with van der Waals surface area (Å²) >= 11 is -1.32. The summed E-state index contributed by atoms with van der Waals surface area (Å²) in [5.74, 6) is 1.70. The van der Waals surface area contributed by atoms with Gasteiger partial charge >= 0.3 is 14.5 Å². The molecule has 1 saturated heterocycles. The number of benzene rings is 3. The van der Waals surface area contributed by atoms with E-state index >= 15 is 0 Å². The summed E-state index contributed by atoms with van der Waals surface area (Å²) in [7, 11) is 0. The van der Waals surface area contributed by atoms with E-state index in [0.717, 1.165) is 23.1 Å². The van der Waals surface area contributed by atoms with Crippen molar-refractivity contribution in [3.63, 3.8) is 0 Å². The van der Waals surface area contributed by atoms with Crippen molar-refractivity contribution in [2.45, 2.75) is 69.6 Å². The molecular weight excluding hydrogens is 471 g/mol. The van der Waals surface area contributed by atoms with E-state index in [1.165, 1.54) is 10.6 Å². The van der Waals surface area contributed by atoms with E-state index < -0.39 is 20.1 Å². The van der Waals surface area contributed by atoms with Gasteiger partial charge < -0.3 is 13.3 Å². The molecule has 4 heteroatoms. The second kappa shape index (κ2) is 13.2. The van der Waals surface area contributed by atoms with Gasteiger partial charge in [-0.05, 0) is 22.6 Å². The molecule has 1 aliphatic rings. The molecule has 1 aliphatic heterocycles. The van der Waals surface area contributed by atoms with Crippen LogP contribution in [0.2, 0.25) is 10.6 Å². The second-order valence-corrected chi connectivity index (χ2v) is 13.9. The van der Waals surface area contributed by atoms with Gasteiger partial charge in [-0.1, -0.05) is 148 Å². The Morgan fingerprint density at radius 2 is 1.19 bits per heavy atom. The van der Waals surface area contributed by atoms with E-state index in [-0.39, 0.29) is 12.4 Å². The molecule has 0 N–H and O–H groups in total. The predicted octanol–water partition coefficient (Wildman–Crippen LogP) is 8.07. The summed E-state index contributed by atoms with van der Waals surface area (Å²) in [6, 6.07) is 31.7. The van der Waals surface area contributed by atoms with Gasteiger partial charge in [0.25, 0.3) is 0 Å². The van der Waals surface area contributed by atoms with Crippen LogP contribution in [-0.2, 0) is 18.9 Å². The number of ether oxygens (including phenoxy) is 2. The Labute approximate surface area is 228 Å². The Bertz CT molecular complexity index is 948. The molecule has 3 aromatic carbocycles. The molecule has 0 amide bonds. The number of hydrogen-bond donors (Lipinski definition) is 0. The summed E-state index contributed by atoms with van der Waals surface area (Å²) in [6.45, 7) is 12.0. The molecule has 3 atom stereocenters. The Balaban J connectivity index is 1.58. The predicted molar refractivity (Wildman–Crippen MR) is 154 cm³/mol. The van der Waals surface area contributed by atoms with Gasteiger partial charge in [0.15, 0.2) is 0 Å². The summed E-state index contributed by atoms with van der Waals surface area (Å²) in [5, 5.41) is 2.40. The molecule has 3 nitrogen and oxygen atoms in total. The lowest BCUT2D eigenvalue weighted by Gasteiger charge is -2.37. The van der Waals surface area contributed by atoms with Crippen molar-refractivity contribution >= 4 is 14.5 Å². The topological polar surface area (TPSA) is 27.7 Å². The minimum Gasteiger partial charge on any atom is -0.478 e. The summed E-state index contributed by atoms with van der Waals surface area (Å²) < 4.78 is 20.3. The molecule has 196 valence electrons. The van der Waals surface area contributed by atoms with Gasteiger partial charge in [-0.25, -0.2) is 0 Å². The fraction of sp³-hybridized carbons (Fsp3) is 0.455. The van der Waals surface area contributed by atoms with Crippen molar-refractivity contribution in [2.24, 2.45) is 17.8 Å². The zero-order chi connectivity index (χ0) is 26.3. The maximum absolute atomic E-state index is 7.06. The maximum Gasteiger partial charge on any atom is 0.463 e. The van der Waals surface area contributed by atoms with Crippen LogP contribution in [0.1, 0.15) is 57.7 Å². The molecule has 1 heterocycles. The average molecular weight is 515 g/mol. The van der Waals surface area contributed by atoms with Gasteiger partial charge in [-0.2, -0.15) is 0 Å². The number of rotatable bonds is 12. The first-order valence-electron chi connectivity index (χ1n) is 14.0. The standard InChI is InChI=1S/C25H25O3.2C4H9.Al/c1-19-17-24(26)28-23(19)18-27-25(20-11-5-2-6-12-20,21-13-7-3-8-14-21)22-15-9-4-10-16-22;2*1-4(2)3;/h2-16,19,23-24H,17-18H2,1H3;2*4H,1H2,2-3H3;/q-1;;;+1/t19-,23+,24?;;;/m0.../s1. The van der Waals surface area contributed by atoms with Crippen molar-refractivity contribution in [2.75, 3.05) is 6.61 Å². The lowest BCUT2D eigenvalue weighted by atomic mass is 9.80. The van der Waals surface area contributed by atoms with Crippen LogP contribution >= 0.6 is 0 Å². The highest BCUT2D eigenvalue weighted by molar-refractivity contribution is 6.52. The molecular formula is C33H43AlO3. The Morgan fingerprint density at radius 1 is 0.757 bits per heavy atom. The van der Waals surface area contributed by atoms with Crippen molar-refractivity contribution in [3.8, 4) is 0 Å². The monoisotopic (exact) mass is 514 g/mol. The molecule has 4 rings (SSSR count). The molecule has 0 bridgehead atoms. The maximum atomic E-state index is 7.06. The first kappa shape index (κ1) is 28.1. The van der Waals surface area contributed by atoms with Gasteiger partial charge in [0, 0.05) is 6.42 Å². The largest absolute Gasteiger partial charge is 0.478 e. The van der Waals surface area contributed by atoms with Crippen molar-refractivity contribution in [1.82, 2.24) is 0 Å². The third-order valence-electron chi connectivity index (χ3n) is 7.34. The van der Waals surface area contributed by atoms with Crippen LogP contribution in [0.5, 0.6) is 0 Å². The van der Waals surface area contributed by atoms with Gasteiger partial charge in [0.2, 0.25) is 0 Å². The van der Waals surface area contributed by atoms with Crippen LogP contribution in [0.3, 0.4) is 0 Å². The molecule has 0 aromatic heterocycles. The highest BCUT2D eigenvalue weighted by atomic mass is 27.2. The van der Waals surface area contributed by atoms with Crippen LogP contribution in [0, 0.1) is 17.8 Å². The summed E-state index contributed by atoms with van der Waals surface area (Å²) in [4.78, 5) is 0. The Hall–Kier alpha value is -1.93. The SMILES string of the molecule is CC(C)[CH2][Al]([CH2]C(C)C)[O]C1C[C@H](C)[C@@H](COC(c2ccccc2)(c2ccccc2)c2ccccc2)O1. The van der Waals surface area contributed by atoms with Crippen LogP contribution < -0.4 is 0 Å². The van der Waals surface area contributed by atoms with Gasteiger partial charge in [0.1, 0.15) is 11.9 Å². The van der Waals surface area contributed by atoms with Gasteiger partial charge in [0.05, 0.1) is 12.7 Å². The van der Waals surface area contributed by atoms with E-state index in [1.807, 2.05) is 0 Å². The van der Waals surface area contributed by atoms with Crippen LogP contribution in [-0.4, -0.2) is 33.5 Å². The van der Waals surface area contributed by atoms with Crippen LogP contribution in [0.15, 0.2) is 91.0 Å². The summed E-state index contributed by atoms with van der Waals surface area (Å²) in [5.41, 5.74) is 2.63. The van der Waals surface area contributed by atoms with Crippen molar-refractivity contribution < 1.29 is 13.3 Å². The third-order valence-corrected chi connectivity index (χ3v) is 11.0. The molecule has 1 fully saturated rings. The van der Waals surface area contributed by atoms with Crippen LogP contribution in [0.4, 0.5) is 0 Å². The van der Waals surface area contributed by atoms with E-state index in [4.69, 9.17) is 13.3 Å². The molecule has 3 aromatic rings. The highest BCUT2D eigenvalue weighted by Gasteiger charge is 2.41. The molecule has 37 heavy (non-hydrogen) atoms. The van der Waals surface area contributed by atoms with E-state index in [1.54, 1.807) is 0 Å². The Kier molecular flexibility index (Phi) is 10.0. The van der Waals surface area contributed by atoms with Crippen molar-refractivity contribution in [3.05, 3.63) is 108 Å². The fourth-order valence-corrected chi connectivity index (χ4v) is 8.70. The molecule has 0 radical (unpaired) electrons. The Morgan fingerprint density at radius 3 is 1.59 bits per heavy atom. The quantitative estimate of drug-likeness (QED) is 0.181. The van der Waals surface area contributed by atoms with E-state index in [9.17, 15) is 0 Å². The van der Waals surface area contributed by atoms with E-state index in [0.29, 0.717) is 24.4 Å². The zero-order valence-electron chi connectivity index (χ0n) is 23.2. The highest BCUT2D eigenvalue weighted by Crippen LogP contribution is 2.41. The zero-order valence-corrected chi connectivity index (χ0v) is 24.3. The second-order valence-electron chi connectivity index (χ2n) is 11.4. The molecule has 1 unspecified atom stereocenters. The smallest absolute Gasteiger partial charge is 0.463 e.